The molecule has 0 radical (unpaired) electrons. The number of aliphatic hydroxyl groups excluding tert-OH is 1. The molecule has 1 aliphatic carbocycles. The van der Waals surface area contributed by atoms with Crippen molar-refractivity contribution in [2.45, 2.75) is 77.6 Å². The Morgan fingerprint density at radius 3 is 2.49 bits per heavy atom. The molecule has 2 amide bonds. The predicted molar refractivity (Wildman–Crippen MR) is 187 cm³/mol. The third-order valence-electron chi connectivity index (χ3n) is 11.0. The van der Waals surface area contributed by atoms with E-state index in [0.717, 1.165) is 49.3 Å². The summed E-state index contributed by atoms with van der Waals surface area (Å²) in [6.45, 7) is 6.68. The van der Waals surface area contributed by atoms with Gasteiger partial charge in [0.25, 0.3) is 0 Å². The van der Waals surface area contributed by atoms with E-state index in [-0.39, 0.29) is 36.3 Å². The molecule has 5 heterocycles. The third-order valence-corrected chi connectivity index (χ3v) is 11.0. The minimum Gasteiger partial charge on any atom is -0.459 e. The number of rotatable bonds is 10. The van der Waals surface area contributed by atoms with Crippen molar-refractivity contribution in [2.24, 2.45) is 23.7 Å². The number of carbonyl (C=O) groups excluding carboxylic acids is 2. The maximum Gasteiger partial charge on any atom is 0.455 e. The fourth-order valence-electron chi connectivity index (χ4n) is 8.65. The Morgan fingerprint density at radius 2 is 1.80 bits per heavy atom. The van der Waals surface area contributed by atoms with Gasteiger partial charge in [-0.25, -0.2) is 0 Å². The van der Waals surface area contributed by atoms with Crippen molar-refractivity contribution < 1.29 is 28.8 Å². The molecule has 4 aliphatic rings. The van der Waals surface area contributed by atoms with Crippen LogP contribution in [0.15, 0.2) is 82.4 Å². The van der Waals surface area contributed by atoms with Crippen molar-refractivity contribution in [3.05, 3.63) is 101 Å². The molecule has 49 heavy (non-hydrogen) atoms. The molecule has 0 spiro atoms. The number of imide groups is 1. The van der Waals surface area contributed by atoms with E-state index in [9.17, 15) is 19.7 Å². The molecule has 256 valence electrons. The lowest BCUT2D eigenvalue weighted by Gasteiger charge is -2.44. The van der Waals surface area contributed by atoms with Crippen LogP contribution in [0.3, 0.4) is 0 Å². The summed E-state index contributed by atoms with van der Waals surface area (Å²) in [4.78, 5) is 37.1. The molecule has 3 fully saturated rings. The van der Waals surface area contributed by atoms with Gasteiger partial charge in [0.1, 0.15) is 18.1 Å². The summed E-state index contributed by atoms with van der Waals surface area (Å²) in [5.74, 6) is 0.0613. The molecule has 0 bridgehead atoms. The molecule has 2 aromatic heterocycles. The number of nitrogens with zero attached hydrogens (tertiary/aromatic N) is 3. The van der Waals surface area contributed by atoms with Gasteiger partial charge in [0.15, 0.2) is 0 Å². The number of hydrogen-bond acceptors (Lipinski definition) is 8. The van der Waals surface area contributed by atoms with E-state index in [0.29, 0.717) is 37.1 Å². The standard InChI is InChI=1S/C39H46BN3O6/c1-25(2)31-21-32-37(39(46)43(38(32)45)28-15-18-42(19-16-28)23-26-8-4-3-5-9-26)33-22-40(47)49-35(36(31)33)14-11-27(34-10-6-7-17-41-34)20-29-12-13-30(24-44)48-29/h3-10,12-13,17,20,25,28,32-33,35,37,44,47H,11,14-16,18-19,21-24H2,1-2H3/b27-20-/t32-,33+,35-,37-/m1/s1. The van der Waals surface area contributed by atoms with Crippen molar-refractivity contribution in [3.8, 4) is 0 Å². The van der Waals surface area contributed by atoms with Crippen molar-refractivity contribution in [2.75, 3.05) is 13.1 Å². The Hall–Kier alpha value is -3.83. The normalized spacial score (nSPS) is 25.4. The second kappa shape index (κ2) is 14.6. The minimum atomic E-state index is -1.02. The maximum atomic E-state index is 14.3. The number of likely N-dealkylation sites (tertiary alicyclic amines) is 2. The molecule has 3 saturated heterocycles. The molecular weight excluding hydrogens is 617 g/mol. The van der Waals surface area contributed by atoms with Gasteiger partial charge in [-0.15, -0.1) is 0 Å². The van der Waals surface area contributed by atoms with Gasteiger partial charge in [0.05, 0.1) is 23.6 Å². The second-order valence-corrected chi connectivity index (χ2v) is 14.3. The van der Waals surface area contributed by atoms with E-state index in [2.05, 4.69) is 48.0 Å². The third kappa shape index (κ3) is 6.97. The summed E-state index contributed by atoms with van der Waals surface area (Å²) in [7, 11) is -1.02. The molecule has 7 rings (SSSR count). The van der Waals surface area contributed by atoms with Crippen LogP contribution in [-0.2, 0) is 27.4 Å². The summed E-state index contributed by atoms with van der Waals surface area (Å²) in [5.41, 5.74) is 5.30. The highest BCUT2D eigenvalue weighted by Gasteiger charge is 2.58. The number of benzene rings is 1. The van der Waals surface area contributed by atoms with Gasteiger partial charge < -0.3 is 19.2 Å². The van der Waals surface area contributed by atoms with Crippen LogP contribution in [0, 0.1) is 23.7 Å². The van der Waals surface area contributed by atoms with Crippen molar-refractivity contribution in [1.29, 1.82) is 0 Å². The fourth-order valence-corrected chi connectivity index (χ4v) is 8.65. The van der Waals surface area contributed by atoms with E-state index < -0.39 is 25.1 Å². The zero-order valence-corrected chi connectivity index (χ0v) is 28.4. The number of piperidine rings is 1. The first kappa shape index (κ1) is 33.7. The first-order valence-corrected chi connectivity index (χ1v) is 17.8. The summed E-state index contributed by atoms with van der Waals surface area (Å²) in [6, 6.07) is 19.7. The first-order valence-electron chi connectivity index (χ1n) is 17.8. The number of aliphatic hydroxyl groups is 1. The highest BCUT2D eigenvalue weighted by Crippen LogP contribution is 2.52. The van der Waals surface area contributed by atoms with E-state index in [1.807, 2.05) is 36.4 Å². The van der Waals surface area contributed by atoms with Crippen molar-refractivity contribution in [3.63, 3.8) is 0 Å². The molecule has 0 saturated carbocycles. The Kier molecular flexibility index (Phi) is 10.0. The highest BCUT2D eigenvalue weighted by molar-refractivity contribution is 6.43. The maximum absolute atomic E-state index is 14.3. The number of fused-ring (bicyclic) bond motifs is 3. The molecule has 9 nitrogen and oxygen atoms in total. The fraction of sp³-hybridized carbons (Fsp3) is 0.462. The molecule has 10 heteroatoms. The summed E-state index contributed by atoms with van der Waals surface area (Å²) in [5, 5.41) is 20.6. The number of carbonyl (C=O) groups is 2. The van der Waals surface area contributed by atoms with Crippen LogP contribution in [-0.4, -0.2) is 69.1 Å². The van der Waals surface area contributed by atoms with Gasteiger partial charge in [-0.2, -0.15) is 0 Å². The Morgan fingerprint density at radius 1 is 1.02 bits per heavy atom. The molecule has 2 N–H and O–H groups in total. The molecule has 0 unspecified atom stereocenters. The van der Waals surface area contributed by atoms with Crippen LogP contribution in [0.5, 0.6) is 0 Å². The quantitative estimate of drug-likeness (QED) is 0.164. The Balaban J connectivity index is 1.11. The van der Waals surface area contributed by atoms with Crippen LogP contribution < -0.4 is 0 Å². The van der Waals surface area contributed by atoms with Gasteiger partial charge in [-0.05, 0) is 97.3 Å². The van der Waals surface area contributed by atoms with Gasteiger partial charge in [0, 0.05) is 31.9 Å². The smallest absolute Gasteiger partial charge is 0.455 e. The summed E-state index contributed by atoms with van der Waals surface area (Å²) in [6.07, 6.45) is 6.86. The zero-order valence-electron chi connectivity index (χ0n) is 28.4. The highest BCUT2D eigenvalue weighted by atomic mass is 16.5. The lowest BCUT2D eigenvalue weighted by molar-refractivity contribution is -0.144. The Labute approximate surface area is 288 Å². The average molecular weight is 664 g/mol. The number of allylic oxidation sites excluding steroid dienone is 2. The van der Waals surface area contributed by atoms with E-state index in [4.69, 9.17) is 9.07 Å². The number of hydrogen-bond donors (Lipinski definition) is 2. The SMILES string of the molecule is CC(C)C1=C2[C@@H](CC/C(=C/c3ccc(CO)o3)c3ccccn3)OB(O)C[C@@H]2[C@@H]2C(=O)N(C3CCN(Cc4ccccc4)CC3)C(=O)[C@@H]2C1. The van der Waals surface area contributed by atoms with Crippen LogP contribution >= 0.6 is 0 Å². The van der Waals surface area contributed by atoms with Crippen molar-refractivity contribution >= 4 is 30.6 Å². The van der Waals surface area contributed by atoms with E-state index >= 15 is 0 Å². The summed E-state index contributed by atoms with van der Waals surface area (Å²) < 4.78 is 12.1. The monoisotopic (exact) mass is 663 g/mol. The van der Waals surface area contributed by atoms with Crippen molar-refractivity contribution in [1.82, 2.24) is 14.8 Å². The van der Waals surface area contributed by atoms with Gasteiger partial charge in [-0.1, -0.05) is 55.8 Å². The predicted octanol–water partition coefficient (Wildman–Crippen LogP) is 5.61. The molecule has 3 aliphatic heterocycles. The lowest BCUT2D eigenvalue weighted by atomic mass is 9.57. The van der Waals surface area contributed by atoms with Gasteiger partial charge in [0.2, 0.25) is 11.8 Å². The molecule has 1 aromatic carbocycles. The van der Waals surface area contributed by atoms with Gasteiger partial charge in [-0.3, -0.25) is 24.4 Å². The number of aromatic nitrogens is 1. The number of amides is 2. The molecule has 4 atom stereocenters. The lowest BCUT2D eigenvalue weighted by Crippen LogP contribution is -2.48. The largest absolute Gasteiger partial charge is 0.459 e. The Bertz CT molecular complexity index is 1700. The molecule has 3 aromatic rings. The van der Waals surface area contributed by atoms with Crippen LogP contribution in [0.1, 0.15) is 68.7 Å². The van der Waals surface area contributed by atoms with E-state index in [1.165, 1.54) is 11.1 Å². The van der Waals surface area contributed by atoms with Crippen LogP contribution in [0.4, 0.5) is 0 Å². The molecular formula is C39H46BN3O6. The summed E-state index contributed by atoms with van der Waals surface area (Å²) >= 11 is 0. The van der Waals surface area contributed by atoms with Crippen LogP contribution in [0.2, 0.25) is 6.32 Å². The number of furan rings is 1. The first-order chi connectivity index (χ1) is 23.8. The zero-order chi connectivity index (χ0) is 34.1. The van der Waals surface area contributed by atoms with Crippen LogP contribution in [0.25, 0.3) is 11.6 Å². The average Bonchev–Trinajstić information content (AvgIpc) is 3.68. The minimum absolute atomic E-state index is 0.0349. The number of pyridine rings is 1. The second-order valence-electron chi connectivity index (χ2n) is 14.3. The van der Waals surface area contributed by atoms with E-state index in [1.54, 1.807) is 17.2 Å². The topological polar surface area (TPSA) is 116 Å². The van der Waals surface area contributed by atoms with Gasteiger partial charge >= 0.3 is 7.12 Å².